The molecule has 1 heterocycles. The smallest absolute Gasteiger partial charge is 0.274 e. The molecule has 17 heavy (non-hydrogen) atoms. The first-order valence-electron chi connectivity index (χ1n) is 5.15. The number of nitrogens with one attached hydrogen (secondary N) is 1. The number of rotatable bonds is 2. The molecule has 3 nitrogen and oxygen atoms in total. The molecule has 0 bridgehead atoms. The first-order valence-corrected chi connectivity index (χ1v) is 5.53. The summed E-state index contributed by atoms with van der Waals surface area (Å²) in [6.07, 6.45) is 1.58. The highest BCUT2D eigenvalue weighted by molar-refractivity contribution is 6.34. The zero-order valence-electron chi connectivity index (χ0n) is 9.27. The van der Waals surface area contributed by atoms with Crippen LogP contribution in [0.25, 0.3) is 0 Å². The van der Waals surface area contributed by atoms with E-state index in [9.17, 15) is 4.79 Å². The molecule has 1 aromatic carbocycles. The van der Waals surface area contributed by atoms with Gasteiger partial charge >= 0.3 is 0 Å². The predicted octanol–water partition coefficient (Wildman–Crippen LogP) is 3.30. The van der Waals surface area contributed by atoms with Gasteiger partial charge in [-0.3, -0.25) is 9.78 Å². The molecule has 0 fully saturated rings. The number of anilines is 1. The van der Waals surface area contributed by atoms with Gasteiger partial charge in [0.1, 0.15) is 5.69 Å². The Kier molecular flexibility index (Phi) is 3.40. The highest BCUT2D eigenvalue weighted by atomic mass is 35.5. The highest BCUT2D eigenvalue weighted by Crippen LogP contribution is 2.22. The maximum absolute atomic E-state index is 11.8. The van der Waals surface area contributed by atoms with Crippen LogP contribution < -0.4 is 5.32 Å². The van der Waals surface area contributed by atoms with E-state index in [1.54, 1.807) is 36.5 Å². The van der Waals surface area contributed by atoms with Crippen LogP contribution in [0.3, 0.4) is 0 Å². The van der Waals surface area contributed by atoms with Crippen LogP contribution in [0.4, 0.5) is 5.69 Å². The Balaban J connectivity index is 2.19. The quantitative estimate of drug-likeness (QED) is 0.884. The van der Waals surface area contributed by atoms with Crippen molar-refractivity contribution in [2.24, 2.45) is 0 Å². The number of nitrogens with zero attached hydrogens (tertiary/aromatic N) is 1. The van der Waals surface area contributed by atoms with E-state index in [2.05, 4.69) is 10.3 Å². The molecule has 86 valence electrons. The van der Waals surface area contributed by atoms with Gasteiger partial charge in [0, 0.05) is 6.20 Å². The van der Waals surface area contributed by atoms with E-state index in [1.807, 2.05) is 13.0 Å². The van der Waals surface area contributed by atoms with Gasteiger partial charge in [-0.2, -0.15) is 0 Å². The minimum atomic E-state index is -0.267. The Morgan fingerprint density at radius 1 is 1.29 bits per heavy atom. The third-order valence-corrected chi connectivity index (χ3v) is 2.58. The molecular weight excluding hydrogens is 236 g/mol. The zero-order valence-corrected chi connectivity index (χ0v) is 10.0. The van der Waals surface area contributed by atoms with Gasteiger partial charge in [-0.1, -0.05) is 23.7 Å². The lowest BCUT2D eigenvalue weighted by molar-refractivity contribution is 0.102. The number of halogens is 1. The molecule has 0 radical (unpaired) electrons. The predicted molar refractivity (Wildman–Crippen MR) is 68.4 cm³/mol. The molecule has 1 amide bonds. The van der Waals surface area contributed by atoms with Gasteiger partial charge in [0.15, 0.2) is 0 Å². The number of aromatic nitrogens is 1. The van der Waals surface area contributed by atoms with E-state index in [4.69, 9.17) is 11.6 Å². The number of aryl methyl sites for hydroxylation is 1. The van der Waals surface area contributed by atoms with Crippen LogP contribution in [0, 0.1) is 6.92 Å². The average Bonchev–Trinajstić information content (AvgIpc) is 2.34. The molecule has 0 aliphatic heterocycles. The Morgan fingerprint density at radius 3 is 2.76 bits per heavy atom. The summed E-state index contributed by atoms with van der Waals surface area (Å²) in [4.78, 5) is 15.8. The van der Waals surface area contributed by atoms with E-state index in [-0.39, 0.29) is 5.91 Å². The molecule has 0 atom stereocenters. The van der Waals surface area contributed by atoms with Gasteiger partial charge in [-0.15, -0.1) is 0 Å². The van der Waals surface area contributed by atoms with E-state index in [0.29, 0.717) is 16.4 Å². The first kappa shape index (κ1) is 11.6. The fraction of sp³-hybridized carbons (Fsp3) is 0.0769. The summed E-state index contributed by atoms with van der Waals surface area (Å²) >= 11 is 6.03. The first-order chi connectivity index (χ1) is 8.16. The topological polar surface area (TPSA) is 42.0 Å². The van der Waals surface area contributed by atoms with Crippen molar-refractivity contribution in [2.45, 2.75) is 6.92 Å². The molecule has 0 aliphatic rings. The third kappa shape index (κ3) is 2.82. The van der Waals surface area contributed by atoms with Crippen molar-refractivity contribution in [2.75, 3.05) is 5.32 Å². The van der Waals surface area contributed by atoms with Gasteiger partial charge in [-0.25, -0.2) is 0 Å². The summed E-state index contributed by atoms with van der Waals surface area (Å²) in [6, 6.07) is 10.6. The maximum Gasteiger partial charge on any atom is 0.274 e. The van der Waals surface area contributed by atoms with Crippen LogP contribution in [0.1, 0.15) is 16.1 Å². The second-order valence-corrected chi connectivity index (χ2v) is 4.06. The molecule has 0 aliphatic carbocycles. The van der Waals surface area contributed by atoms with Crippen molar-refractivity contribution >= 4 is 23.2 Å². The summed E-state index contributed by atoms with van der Waals surface area (Å²) in [5, 5.41) is 3.24. The van der Waals surface area contributed by atoms with E-state index in [1.165, 1.54) is 0 Å². The number of hydrogen-bond acceptors (Lipinski definition) is 2. The zero-order chi connectivity index (χ0) is 12.3. The van der Waals surface area contributed by atoms with Gasteiger partial charge < -0.3 is 5.32 Å². The molecule has 1 N–H and O–H groups in total. The Morgan fingerprint density at radius 2 is 2.12 bits per heavy atom. The van der Waals surface area contributed by atoms with Crippen LogP contribution in [0.15, 0.2) is 42.6 Å². The summed E-state index contributed by atoms with van der Waals surface area (Å²) in [5.41, 5.74) is 2.00. The molecule has 2 rings (SSSR count). The van der Waals surface area contributed by atoms with Crippen LogP contribution in [-0.2, 0) is 0 Å². The van der Waals surface area contributed by atoms with Crippen LogP contribution >= 0.6 is 11.6 Å². The maximum atomic E-state index is 11.8. The standard InChI is InChI=1S/C13H11ClN2O/c1-9-5-6-11(10(14)8-9)16-13(17)12-4-2-3-7-15-12/h2-8H,1H3,(H,16,17). The molecule has 0 saturated heterocycles. The molecule has 4 heteroatoms. The Labute approximate surface area is 104 Å². The molecule has 0 spiro atoms. The van der Waals surface area contributed by atoms with Gasteiger partial charge in [0.25, 0.3) is 5.91 Å². The van der Waals surface area contributed by atoms with Crippen molar-refractivity contribution < 1.29 is 4.79 Å². The summed E-state index contributed by atoms with van der Waals surface area (Å²) in [5.74, 6) is -0.267. The second kappa shape index (κ2) is 4.97. The Hall–Kier alpha value is -1.87. The van der Waals surface area contributed by atoms with Crippen molar-refractivity contribution in [3.63, 3.8) is 0 Å². The fourth-order valence-corrected chi connectivity index (χ4v) is 1.69. The summed E-state index contributed by atoms with van der Waals surface area (Å²) in [7, 11) is 0. The Bertz CT molecular complexity index is 540. The summed E-state index contributed by atoms with van der Waals surface area (Å²) < 4.78 is 0. The molecule has 0 unspecified atom stereocenters. The van der Waals surface area contributed by atoms with Crippen molar-refractivity contribution in [1.82, 2.24) is 4.98 Å². The number of pyridine rings is 1. The number of amides is 1. The summed E-state index contributed by atoms with van der Waals surface area (Å²) in [6.45, 7) is 1.94. The molecule has 2 aromatic rings. The third-order valence-electron chi connectivity index (χ3n) is 2.27. The lowest BCUT2D eigenvalue weighted by Gasteiger charge is -2.07. The van der Waals surface area contributed by atoms with Crippen molar-refractivity contribution in [3.8, 4) is 0 Å². The number of carbonyl (C=O) groups is 1. The minimum absolute atomic E-state index is 0.267. The van der Waals surface area contributed by atoms with Crippen molar-refractivity contribution in [3.05, 3.63) is 58.9 Å². The minimum Gasteiger partial charge on any atom is -0.319 e. The molecule has 0 saturated carbocycles. The largest absolute Gasteiger partial charge is 0.319 e. The van der Waals surface area contributed by atoms with Crippen LogP contribution in [0.5, 0.6) is 0 Å². The van der Waals surface area contributed by atoms with Crippen molar-refractivity contribution in [1.29, 1.82) is 0 Å². The molecular formula is C13H11ClN2O. The number of hydrogen-bond donors (Lipinski definition) is 1. The van der Waals surface area contributed by atoms with Gasteiger partial charge in [-0.05, 0) is 36.8 Å². The van der Waals surface area contributed by atoms with Gasteiger partial charge in [0.05, 0.1) is 10.7 Å². The van der Waals surface area contributed by atoms with Crippen LogP contribution in [0.2, 0.25) is 5.02 Å². The SMILES string of the molecule is Cc1ccc(NC(=O)c2ccccn2)c(Cl)c1. The second-order valence-electron chi connectivity index (χ2n) is 3.65. The lowest BCUT2D eigenvalue weighted by atomic mass is 10.2. The highest BCUT2D eigenvalue weighted by Gasteiger charge is 2.08. The normalized spacial score (nSPS) is 10.0. The lowest BCUT2D eigenvalue weighted by Crippen LogP contribution is -2.13. The van der Waals surface area contributed by atoms with E-state index in [0.717, 1.165) is 5.56 Å². The monoisotopic (exact) mass is 246 g/mol. The van der Waals surface area contributed by atoms with E-state index < -0.39 is 0 Å². The fourth-order valence-electron chi connectivity index (χ4n) is 1.40. The number of benzene rings is 1. The van der Waals surface area contributed by atoms with Gasteiger partial charge in [0.2, 0.25) is 0 Å². The molecule has 1 aromatic heterocycles. The van der Waals surface area contributed by atoms with Crippen LogP contribution in [-0.4, -0.2) is 10.9 Å². The van der Waals surface area contributed by atoms with E-state index >= 15 is 0 Å². The average molecular weight is 247 g/mol. The number of carbonyl (C=O) groups excluding carboxylic acids is 1.